The van der Waals surface area contributed by atoms with E-state index >= 15 is 0 Å². The number of carbonyl (C=O) groups is 1. The number of nitrogens with two attached hydrogens (primary N) is 1. The van der Waals surface area contributed by atoms with Crippen molar-refractivity contribution in [1.29, 1.82) is 0 Å². The second kappa shape index (κ2) is 7.01. The van der Waals surface area contributed by atoms with Gasteiger partial charge in [0.2, 0.25) is 5.91 Å². The highest BCUT2D eigenvalue weighted by atomic mass is 16.1. The van der Waals surface area contributed by atoms with Crippen LogP contribution in [0.5, 0.6) is 0 Å². The molecule has 3 N–H and O–H groups in total. The summed E-state index contributed by atoms with van der Waals surface area (Å²) in [7, 11) is 0. The van der Waals surface area contributed by atoms with Crippen LogP contribution in [0.25, 0.3) is 0 Å². The van der Waals surface area contributed by atoms with Gasteiger partial charge in [0.05, 0.1) is 0 Å². The van der Waals surface area contributed by atoms with Crippen molar-refractivity contribution >= 4 is 5.91 Å². The molecule has 1 aromatic rings. The summed E-state index contributed by atoms with van der Waals surface area (Å²) in [6, 6.07) is 7.99. The molecule has 3 heteroatoms. The van der Waals surface area contributed by atoms with Crippen molar-refractivity contribution in [3.05, 3.63) is 35.4 Å². The maximum Gasteiger partial charge on any atom is 0.220 e. The van der Waals surface area contributed by atoms with Crippen LogP contribution in [0.2, 0.25) is 0 Å². The molecule has 16 heavy (non-hydrogen) atoms. The normalized spacial score (nSPS) is 10.1. The molecule has 0 radical (unpaired) electrons. The van der Waals surface area contributed by atoms with E-state index in [9.17, 15) is 4.79 Å². The highest BCUT2D eigenvalue weighted by Gasteiger charge is 2.00. The second-order valence-electron chi connectivity index (χ2n) is 3.90. The predicted octanol–water partition coefficient (Wildman–Crippen LogP) is 1.95. The minimum absolute atomic E-state index is 0.129. The van der Waals surface area contributed by atoms with Gasteiger partial charge in [-0.05, 0) is 17.5 Å². The predicted molar refractivity (Wildman–Crippen MR) is 65.7 cm³/mol. The van der Waals surface area contributed by atoms with Crippen LogP contribution in [0, 0.1) is 0 Å². The van der Waals surface area contributed by atoms with Crippen LogP contribution in [-0.2, 0) is 17.9 Å². The Bertz CT molecular complexity index is 319. The molecule has 0 unspecified atom stereocenters. The monoisotopic (exact) mass is 220 g/mol. The van der Waals surface area contributed by atoms with Gasteiger partial charge in [0.15, 0.2) is 0 Å². The molecular weight excluding hydrogens is 200 g/mol. The zero-order valence-corrected chi connectivity index (χ0v) is 9.83. The fourth-order valence-electron chi connectivity index (χ4n) is 1.42. The molecule has 0 heterocycles. The van der Waals surface area contributed by atoms with Gasteiger partial charge in [-0.2, -0.15) is 0 Å². The van der Waals surface area contributed by atoms with Crippen LogP contribution in [0.3, 0.4) is 0 Å². The Kier molecular flexibility index (Phi) is 5.57. The lowest BCUT2D eigenvalue weighted by molar-refractivity contribution is -0.121. The Hall–Kier alpha value is -1.35. The lowest BCUT2D eigenvalue weighted by Crippen LogP contribution is -2.22. The first-order valence-electron chi connectivity index (χ1n) is 5.81. The summed E-state index contributed by atoms with van der Waals surface area (Å²) in [6.07, 6.45) is 2.63. The molecule has 88 valence electrons. The third-order valence-electron chi connectivity index (χ3n) is 2.51. The summed E-state index contributed by atoms with van der Waals surface area (Å²) < 4.78 is 0. The van der Waals surface area contributed by atoms with Gasteiger partial charge >= 0.3 is 0 Å². The summed E-state index contributed by atoms with van der Waals surface area (Å²) in [5, 5.41) is 2.90. The van der Waals surface area contributed by atoms with E-state index in [1.54, 1.807) is 0 Å². The van der Waals surface area contributed by atoms with Gasteiger partial charge in [0, 0.05) is 19.5 Å². The van der Waals surface area contributed by atoms with Crippen LogP contribution in [0.15, 0.2) is 24.3 Å². The zero-order valence-electron chi connectivity index (χ0n) is 9.83. The first kappa shape index (κ1) is 12.7. The Morgan fingerprint density at radius 1 is 1.25 bits per heavy atom. The van der Waals surface area contributed by atoms with Gasteiger partial charge in [-0.1, -0.05) is 37.6 Å². The summed E-state index contributed by atoms with van der Waals surface area (Å²) in [6.45, 7) is 3.25. The highest BCUT2D eigenvalue weighted by Crippen LogP contribution is 2.03. The Morgan fingerprint density at radius 2 is 1.88 bits per heavy atom. The Balaban J connectivity index is 2.33. The van der Waals surface area contributed by atoms with Crippen molar-refractivity contribution in [2.75, 3.05) is 0 Å². The van der Waals surface area contributed by atoms with Crippen molar-refractivity contribution in [2.24, 2.45) is 5.73 Å². The largest absolute Gasteiger partial charge is 0.352 e. The number of hydrogen-bond acceptors (Lipinski definition) is 2. The van der Waals surface area contributed by atoms with Crippen molar-refractivity contribution in [3.63, 3.8) is 0 Å². The highest BCUT2D eigenvalue weighted by molar-refractivity contribution is 5.75. The number of nitrogens with one attached hydrogen (secondary N) is 1. The third kappa shape index (κ3) is 4.45. The van der Waals surface area contributed by atoms with Gasteiger partial charge < -0.3 is 11.1 Å². The van der Waals surface area contributed by atoms with E-state index in [4.69, 9.17) is 5.73 Å². The number of unbranched alkanes of at least 4 members (excludes halogenated alkanes) is 1. The number of hydrogen-bond donors (Lipinski definition) is 2. The van der Waals surface area contributed by atoms with E-state index in [0.29, 0.717) is 19.5 Å². The summed E-state index contributed by atoms with van der Waals surface area (Å²) in [5.74, 6) is 0.129. The molecule has 0 aromatic heterocycles. The van der Waals surface area contributed by atoms with Crippen molar-refractivity contribution in [2.45, 2.75) is 39.3 Å². The van der Waals surface area contributed by atoms with Crippen molar-refractivity contribution < 1.29 is 4.79 Å². The molecule has 1 aromatic carbocycles. The van der Waals surface area contributed by atoms with Gasteiger partial charge in [-0.3, -0.25) is 4.79 Å². The van der Waals surface area contributed by atoms with Gasteiger partial charge in [0.25, 0.3) is 0 Å². The summed E-state index contributed by atoms with van der Waals surface area (Å²) >= 11 is 0. The first-order valence-corrected chi connectivity index (χ1v) is 5.81. The maximum atomic E-state index is 11.4. The third-order valence-corrected chi connectivity index (χ3v) is 2.51. The van der Waals surface area contributed by atoms with E-state index in [2.05, 4.69) is 12.2 Å². The summed E-state index contributed by atoms with van der Waals surface area (Å²) in [5.41, 5.74) is 7.73. The zero-order chi connectivity index (χ0) is 11.8. The maximum absolute atomic E-state index is 11.4. The molecule has 0 bridgehead atoms. The molecule has 1 rings (SSSR count). The van der Waals surface area contributed by atoms with E-state index in [1.807, 2.05) is 24.3 Å². The molecule has 0 aliphatic heterocycles. The quantitative estimate of drug-likeness (QED) is 0.770. The fraction of sp³-hybridized carbons (Fsp3) is 0.462. The molecule has 0 fully saturated rings. The van der Waals surface area contributed by atoms with E-state index in [1.165, 1.54) is 0 Å². The molecule has 0 saturated heterocycles. The first-order chi connectivity index (χ1) is 7.76. The molecular formula is C13H20N2O. The van der Waals surface area contributed by atoms with E-state index in [0.717, 1.165) is 24.0 Å². The number of amides is 1. The summed E-state index contributed by atoms with van der Waals surface area (Å²) in [4.78, 5) is 11.4. The molecule has 0 saturated carbocycles. The lowest BCUT2D eigenvalue weighted by Gasteiger charge is -2.05. The Morgan fingerprint density at radius 3 is 2.44 bits per heavy atom. The Labute approximate surface area is 97.0 Å². The smallest absolute Gasteiger partial charge is 0.220 e. The average Bonchev–Trinajstić information content (AvgIpc) is 2.34. The topological polar surface area (TPSA) is 55.1 Å². The molecule has 0 aliphatic rings. The lowest BCUT2D eigenvalue weighted by atomic mass is 10.1. The van der Waals surface area contributed by atoms with Gasteiger partial charge in [0.1, 0.15) is 0 Å². The van der Waals surface area contributed by atoms with Gasteiger partial charge in [-0.25, -0.2) is 0 Å². The number of benzene rings is 1. The van der Waals surface area contributed by atoms with E-state index < -0.39 is 0 Å². The van der Waals surface area contributed by atoms with Gasteiger partial charge in [-0.15, -0.1) is 0 Å². The minimum Gasteiger partial charge on any atom is -0.352 e. The van der Waals surface area contributed by atoms with E-state index in [-0.39, 0.29) is 5.91 Å². The number of carbonyl (C=O) groups excluding carboxylic acids is 1. The molecule has 0 spiro atoms. The van der Waals surface area contributed by atoms with Crippen molar-refractivity contribution in [3.8, 4) is 0 Å². The number of rotatable bonds is 6. The van der Waals surface area contributed by atoms with Crippen LogP contribution in [0.1, 0.15) is 37.3 Å². The standard InChI is InChI=1S/C13H20N2O/c1-2-3-4-13(16)15-10-12-7-5-11(9-14)6-8-12/h5-8H,2-4,9-10,14H2,1H3,(H,15,16). The van der Waals surface area contributed by atoms with Crippen molar-refractivity contribution in [1.82, 2.24) is 5.32 Å². The molecule has 3 nitrogen and oxygen atoms in total. The minimum atomic E-state index is 0.129. The van der Waals surface area contributed by atoms with Crippen LogP contribution >= 0.6 is 0 Å². The molecule has 0 aliphatic carbocycles. The molecule has 0 atom stereocenters. The SMILES string of the molecule is CCCCC(=O)NCc1ccc(CN)cc1. The van der Waals surface area contributed by atoms with Crippen LogP contribution in [-0.4, -0.2) is 5.91 Å². The van der Waals surface area contributed by atoms with Crippen LogP contribution in [0.4, 0.5) is 0 Å². The molecule has 1 amide bonds. The average molecular weight is 220 g/mol. The fourth-order valence-corrected chi connectivity index (χ4v) is 1.42. The van der Waals surface area contributed by atoms with Crippen LogP contribution < -0.4 is 11.1 Å². The second-order valence-corrected chi connectivity index (χ2v) is 3.90.